The maximum absolute atomic E-state index is 11.6. The zero-order valence-corrected chi connectivity index (χ0v) is 19.3. The number of likely N-dealkylation sites (tertiary alicyclic amines) is 1. The van der Waals surface area contributed by atoms with E-state index in [1.54, 1.807) is 14.0 Å². The van der Waals surface area contributed by atoms with Gasteiger partial charge in [-0.25, -0.2) is 4.68 Å². The number of benzene rings is 1. The molecule has 0 unspecified atom stereocenters. The van der Waals surface area contributed by atoms with E-state index >= 15 is 0 Å². The molecule has 8 heteroatoms. The van der Waals surface area contributed by atoms with Crippen LogP contribution in [-0.4, -0.2) is 64.5 Å². The molecule has 2 N–H and O–H groups in total. The number of hydrogen-bond donors (Lipinski definition) is 2. The second kappa shape index (κ2) is 10.7. The van der Waals surface area contributed by atoms with Gasteiger partial charge in [0, 0.05) is 39.4 Å². The molecule has 2 aliphatic rings. The summed E-state index contributed by atoms with van der Waals surface area (Å²) >= 11 is 0. The highest BCUT2D eigenvalue weighted by Gasteiger charge is 2.42. The fraction of sp³-hybridized carbons (Fsp3) is 0.542. The van der Waals surface area contributed by atoms with E-state index in [0.29, 0.717) is 11.8 Å². The van der Waals surface area contributed by atoms with E-state index < -0.39 is 0 Å². The number of ether oxygens (including phenoxy) is 1. The molecule has 1 aliphatic carbocycles. The normalized spacial score (nSPS) is 24.9. The van der Waals surface area contributed by atoms with Gasteiger partial charge >= 0.3 is 0 Å². The van der Waals surface area contributed by atoms with E-state index in [1.165, 1.54) is 5.56 Å². The van der Waals surface area contributed by atoms with Crippen LogP contribution in [0.15, 0.2) is 30.3 Å². The fourth-order valence-electron chi connectivity index (χ4n) is 5.25. The molecule has 1 aromatic heterocycles. The molecule has 1 saturated carbocycles. The summed E-state index contributed by atoms with van der Waals surface area (Å²) in [6.07, 6.45) is 2.15. The number of carbonyl (C=O) groups is 2. The SMILES string of the molecule is CO[C@@H]1C[C@H]2CN(Cc3cccc(-n4nc(C)cc4C)c3)C[C@H]2C[C@H]1NC(C)=O.O=CO. The van der Waals surface area contributed by atoms with Gasteiger partial charge in [-0.05, 0) is 62.3 Å². The number of aryl methyl sites for hydroxylation is 2. The first-order valence-electron chi connectivity index (χ1n) is 11.1. The molecule has 2 aromatic rings. The van der Waals surface area contributed by atoms with Gasteiger partial charge in [-0.1, -0.05) is 12.1 Å². The van der Waals surface area contributed by atoms with Crippen LogP contribution in [0.1, 0.15) is 36.7 Å². The molecule has 4 atom stereocenters. The van der Waals surface area contributed by atoms with Gasteiger partial charge in [-0.2, -0.15) is 5.10 Å². The lowest BCUT2D eigenvalue weighted by Crippen LogP contribution is -2.49. The van der Waals surface area contributed by atoms with Crippen LogP contribution in [0.2, 0.25) is 0 Å². The van der Waals surface area contributed by atoms with Crippen LogP contribution in [0.4, 0.5) is 0 Å². The van der Waals surface area contributed by atoms with Crippen molar-refractivity contribution in [3.8, 4) is 5.69 Å². The van der Waals surface area contributed by atoms with Crippen LogP contribution in [0, 0.1) is 25.7 Å². The maximum atomic E-state index is 11.6. The largest absolute Gasteiger partial charge is 0.483 e. The fourth-order valence-corrected chi connectivity index (χ4v) is 5.25. The van der Waals surface area contributed by atoms with Gasteiger partial charge in [-0.3, -0.25) is 14.5 Å². The number of nitrogens with one attached hydrogen (secondary N) is 1. The van der Waals surface area contributed by atoms with Gasteiger partial charge < -0.3 is 15.2 Å². The summed E-state index contributed by atoms with van der Waals surface area (Å²) in [5, 5.41) is 14.6. The molecule has 0 radical (unpaired) electrons. The number of methoxy groups -OCH3 is 1. The highest BCUT2D eigenvalue weighted by Crippen LogP contribution is 2.38. The standard InChI is InChI=1S/C23H32N4O2.CH2O2/c1-15-8-16(2)27(25-15)21-7-5-6-18(9-21)12-26-13-19-10-22(24-17(3)28)23(29-4)11-20(19)14-26;2-1-3/h5-9,19-20,22-23H,10-14H2,1-4H3,(H,24,28);1H,(H,2,3)/t19-,20+,22-,23-;/m1./s1. The predicted octanol–water partition coefficient (Wildman–Crippen LogP) is 2.55. The Morgan fingerprint density at radius 2 is 1.94 bits per heavy atom. The zero-order chi connectivity index (χ0) is 23.3. The minimum Gasteiger partial charge on any atom is -0.483 e. The first kappa shape index (κ1) is 23.9. The Morgan fingerprint density at radius 1 is 1.25 bits per heavy atom. The molecular formula is C24H34N4O4. The third-order valence-electron chi connectivity index (χ3n) is 6.45. The summed E-state index contributed by atoms with van der Waals surface area (Å²) in [7, 11) is 1.76. The van der Waals surface area contributed by atoms with E-state index in [0.717, 1.165) is 49.6 Å². The van der Waals surface area contributed by atoms with Crippen molar-refractivity contribution in [2.24, 2.45) is 11.8 Å². The molecule has 1 amide bonds. The van der Waals surface area contributed by atoms with E-state index in [4.69, 9.17) is 14.6 Å². The lowest BCUT2D eigenvalue weighted by atomic mass is 9.77. The van der Waals surface area contributed by atoms with Crippen LogP contribution in [0.5, 0.6) is 0 Å². The third-order valence-corrected chi connectivity index (χ3v) is 6.45. The zero-order valence-electron chi connectivity index (χ0n) is 19.3. The van der Waals surface area contributed by atoms with Crippen LogP contribution >= 0.6 is 0 Å². The van der Waals surface area contributed by atoms with Crippen molar-refractivity contribution < 1.29 is 19.4 Å². The summed E-state index contributed by atoms with van der Waals surface area (Å²) in [5.41, 5.74) is 4.63. The molecule has 1 aliphatic heterocycles. The molecule has 2 fully saturated rings. The molecule has 174 valence electrons. The van der Waals surface area contributed by atoms with Crippen molar-refractivity contribution in [2.75, 3.05) is 20.2 Å². The quantitative estimate of drug-likeness (QED) is 0.691. The number of carbonyl (C=O) groups excluding carboxylic acids is 1. The average molecular weight is 443 g/mol. The lowest BCUT2D eigenvalue weighted by Gasteiger charge is -2.37. The summed E-state index contributed by atoms with van der Waals surface area (Å²) in [6, 6.07) is 10.9. The van der Waals surface area contributed by atoms with Gasteiger partial charge in [0.05, 0.1) is 23.5 Å². The Kier molecular flexibility index (Phi) is 8.04. The summed E-state index contributed by atoms with van der Waals surface area (Å²) < 4.78 is 7.72. The number of fused-ring (bicyclic) bond motifs is 1. The second-order valence-electron chi connectivity index (χ2n) is 8.88. The van der Waals surface area contributed by atoms with E-state index in [9.17, 15) is 4.79 Å². The average Bonchev–Trinajstić information content (AvgIpc) is 3.28. The maximum Gasteiger partial charge on any atom is 0.290 e. The second-order valence-corrected chi connectivity index (χ2v) is 8.88. The number of nitrogens with zero attached hydrogens (tertiary/aromatic N) is 3. The van der Waals surface area contributed by atoms with Gasteiger partial charge in [0.15, 0.2) is 0 Å². The molecule has 32 heavy (non-hydrogen) atoms. The molecule has 8 nitrogen and oxygen atoms in total. The van der Waals surface area contributed by atoms with Gasteiger partial charge in [0.2, 0.25) is 5.91 Å². The Balaban J connectivity index is 0.000000913. The number of aromatic nitrogens is 2. The Bertz CT molecular complexity index is 928. The predicted molar refractivity (Wildman–Crippen MR) is 122 cm³/mol. The molecule has 0 spiro atoms. The van der Waals surface area contributed by atoms with Crippen molar-refractivity contribution >= 4 is 12.4 Å². The van der Waals surface area contributed by atoms with Crippen molar-refractivity contribution in [3.05, 3.63) is 47.3 Å². The van der Waals surface area contributed by atoms with E-state index in [1.807, 2.05) is 11.6 Å². The lowest BCUT2D eigenvalue weighted by molar-refractivity contribution is -0.123. The molecular weight excluding hydrogens is 408 g/mol. The highest BCUT2D eigenvalue weighted by molar-refractivity contribution is 5.73. The summed E-state index contributed by atoms with van der Waals surface area (Å²) in [4.78, 5) is 22.5. The van der Waals surface area contributed by atoms with Gasteiger partial charge in [0.25, 0.3) is 6.47 Å². The Morgan fingerprint density at radius 3 is 2.53 bits per heavy atom. The highest BCUT2D eigenvalue weighted by atomic mass is 16.5. The summed E-state index contributed by atoms with van der Waals surface area (Å²) in [5.74, 6) is 1.30. The van der Waals surface area contributed by atoms with Crippen molar-refractivity contribution in [2.45, 2.75) is 52.3 Å². The minimum absolute atomic E-state index is 0.0336. The van der Waals surface area contributed by atoms with E-state index in [2.05, 4.69) is 52.6 Å². The topological polar surface area (TPSA) is 96.7 Å². The number of rotatable bonds is 5. The van der Waals surface area contributed by atoms with Crippen molar-refractivity contribution in [1.82, 2.24) is 20.0 Å². The minimum atomic E-state index is -0.250. The molecule has 1 aromatic carbocycles. The smallest absolute Gasteiger partial charge is 0.290 e. The third kappa shape index (κ3) is 5.75. The Labute approximate surface area is 189 Å². The van der Waals surface area contributed by atoms with Crippen LogP contribution in [0.3, 0.4) is 0 Å². The Hall–Kier alpha value is -2.71. The number of carboxylic acid groups (broad SMARTS) is 1. The molecule has 0 bridgehead atoms. The first-order chi connectivity index (χ1) is 15.3. The van der Waals surface area contributed by atoms with Gasteiger partial charge in [0.1, 0.15) is 0 Å². The van der Waals surface area contributed by atoms with Crippen LogP contribution in [0.25, 0.3) is 5.69 Å². The number of hydrogen-bond acceptors (Lipinski definition) is 5. The monoisotopic (exact) mass is 442 g/mol. The van der Waals surface area contributed by atoms with E-state index in [-0.39, 0.29) is 24.5 Å². The van der Waals surface area contributed by atoms with Crippen molar-refractivity contribution in [3.63, 3.8) is 0 Å². The van der Waals surface area contributed by atoms with Gasteiger partial charge in [-0.15, -0.1) is 0 Å². The van der Waals surface area contributed by atoms with Crippen LogP contribution in [-0.2, 0) is 20.9 Å². The summed E-state index contributed by atoms with van der Waals surface area (Å²) in [6.45, 7) is 8.59. The molecule has 4 rings (SSSR count). The molecule has 2 heterocycles. The van der Waals surface area contributed by atoms with Crippen molar-refractivity contribution in [1.29, 1.82) is 0 Å². The van der Waals surface area contributed by atoms with Crippen LogP contribution < -0.4 is 5.32 Å². The molecule has 1 saturated heterocycles. The first-order valence-corrected chi connectivity index (χ1v) is 11.1. The number of amides is 1.